The Kier molecular flexibility index (Phi) is 13.6. The SMILES string of the molecule is CCCCCCCCCCCCCC(=O)N1CCN(Cc2ccc(Nc3ncc(F)c(-c4cc(F)c5nc(C)n(C(C)C)c5c4)n3)nc2)CC1. The lowest BCUT2D eigenvalue weighted by molar-refractivity contribution is -0.133. The molecule has 5 rings (SSSR count). The molecular weight excluding hydrogens is 634 g/mol. The standard InChI is InChI=1S/C39H54F2N8O/c1-5-6-7-8-9-10-11-12-13-14-15-16-36(50)48-21-19-47(20-22-48)27-30-17-18-35(42-25-30)45-39-43-26-33(41)37(46-39)31-23-32(40)38-34(24-31)49(28(2)3)29(4)44-38/h17-18,23-26,28H,5-16,19-22,27H2,1-4H3,(H,42,43,45,46). The van der Waals surface area contributed by atoms with Crippen LogP contribution < -0.4 is 5.32 Å². The minimum Gasteiger partial charge on any atom is -0.340 e. The summed E-state index contributed by atoms with van der Waals surface area (Å²) in [4.78, 5) is 34.5. The van der Waals surface area contributed by atoms with Crippen LogP contribution in [0, 0.1) is 18.6 Å². The number of carbonyl (C=O) groups is 1. The number of benzene rings is 1. The number of unbranched alkanes of at least 4 members (excludes halogenated alkanes) is 10. The number of hydrogen-bond donors (Lipinski definition) is 1. The number of carbonyl (C=O) groups excluding carboxylic acids is 1. The molecule has 270 valence electrons. The smallest absolute Gasteiger partial charge is 0.229 e. The molecule has 50 heavy (non-hydrogen) atoms. The van der Waals surface area contributed by atoms with E-state index in [2.05, 4.69) is 37.1 Å². The van der Waals surface area contributed by atoms with Crippen LogP contribution in [0.5, 0.6) is 0 Å². The molecule has 1 aliphatic rings. The molecule has 0 spiro atoms. The first-order valence-corrected chi connectivity index (χ1v) is 18.7. The molecule has 0 bridgehead atoms. The number of anilines is 2. The van der Waals surface area contributed by atoms with Crippen molar-refractivity contribution in [2.45, 2.75) is 117 Å². The first kappa shape index (κ1) is 37.3. The highest BCUT2D eigenvalue weighted by Crippen LogP contribution is 2.30. The molecule has 4 heterocycles. The first-order chi connectivity index (χ1) is 24.2. The van der Waals surface area contributed by atoms with E-state index < -0.39 is 11.6 Å². The predicted molar refractivity (Wildman–Crippen MR) is 196 cm³/mol. The number of amides is 1. The lowest BCUT2D eigenvalue weighted by atomic mass is 10.1. The number of hydrogen-bond acceptors (Lipinski definition) is 7. The number of nitrogens with zero attached hydrogens (tertiary/aromatic N) is 7. The number of piperazine rings is 1. The summed E-state index contributed by atoms with van der Waals surface area (Å²) in [7, 11) is 0. The molecule has 1 amide bonds. The van der Waals surface area contributed by atoms with Gasteiger partial charge in [0.2, 0.25) is 11.9 Å². The van der Waals surface area contributed by atoms with Crippen molar-refractivity contribution in [2.75, 3.05) is 31.5 Å². The van der Waals surface area contributed by atoms with Gasteiger partial charge in [-0.3, -0.25) is 9.69 Å². The number of pyridine rings is 1. The molecule has 11 heteroatoms. The lowest BCUT2D eigenvalue weighted by Crippen LogP contribution is -2.48. The summed E-state index contributed by atoms with van der Waals surface area (Å²) in [5, 5.41) is 3.05. The van der Waals surface area contributed by atoms with Crippen molar-refractivity contribution in [3.05, 3.63) is 59.7 Å². The summed E-state index contributed by atoms with van der Waals surface area (Å²) < 4.78 is 31.9. The maximum atomic E-state index is 15.1. The average Bonchev–Trinajstić information content (AvgIpc) is 3.45. The van der Waals surface area contributed by atoms with Crippen LogP contribution in [0.25, 0.3) is 22.3 Å². The summed E-state index contributed by atoms with van der Waals surface area (Å²) >= 11 is 0. The zero-order chi connectivity index (χ0) is 35.5. The van der Waals surface area contributed by atoms with Crippen LogP contribution in [0.2, 0.25) is 0 Å². The third kappa shape index (κ3) is 10.0. The van der Waals surface area contributed by atoms with Crippen LogP contribution in [0.4, 0.5) is 20.5 Å². The van der Waals surface area contributed by atoms with Crippen LogP contribution in [0.3, 0.4) is 0 Å². The van der Waals surface area contributed by atoms with Gasteiger partial charge >= 0.3 is 0 Å². The fourth-order valence-corrected chi connectivity index (χ4v) is 6.91. The first-order valence-electron chi connectivity index (χ1n) is 18.7. The summed E-state index contributed by atoms with van der Waals surface area (Å²) in [5.74, 6) is 0.461. The Morgan fingerprint density at radius 1 is 0.840 bits per heavy atom. The Morgan fingerprint density at radius 3 is 2.16 bits per heavy atom. The number of aryl methyl sites for hydroxylation is 1. The number of imidazole rings is 1. The Balaban J connectivity index is 1.06. The van der Waals surface area contributed by atoms with Crippen LogP contribution >= 0.6 is 0 Å². The van der Waals surface area contributed by atoms with Gasteiger partial charge in [0.15, 0.2) is 11.6 Å². The van der Waals surface area contributed by atoms with E-state index in [0.29, 0.717) is 29.1 Å². The summed E-state index contributed by atoms with van der Waals surface area (Å²) in [6.07, 6.45) is 17.7. The Morgan fingerprint density at radius 2 is 1.52 bits per heavy atom. The minimum absolute atomic E-state index is 0.00879. The maximum absolute atomic E-state index is 15.1. The number of aromatic nitrogens is 5. The molecule has 0 radical (unpaired) electrons. The predicted octanol–water partition coefficient (Wildman–Crippen LogP) is 9.14. The number of nitrogens with one attached hydrogen (secondary N) is 1. The molecule has 0 aliphatic carbocycles. The fourth-order valence-electron chi connectivity index (χ4n) is 6.91. The van der Waals surface area contributed by atoms with Gasteiger partial charge in [0.25, 0.3) is 0 Å². The van der Waals surface area contributed by atoms with E-state index in [-0.39, 0.29) is 29.1 Å². The molecule has 1 fully saturated rings. The van der Waals surface area contributed by atoms with Gasteiger partial charge in [0, 0.05) is 56.9 Å². The van der Waals surface area contributed by atoms with E-state index in [4.69, 9.17) is 0 Å². The highest BCUT2D eigenvalue weighted by molar-refractivity contribution is 5.83. The Bertz CT molecular complexity index is 1680. The van der Waals surface area contributed by atoms with Crippen molar-refractivity contribution in [3.8, 4) is 11.3 Å². The van der Waals surface area contributed by atoms with Gasteiger partial charge in [0.05, 0.1) is 11.7 Å². The second-order valence-electron chi connectivity index (χ2n) is 14.0. The van der Waals surface area contributed by atoms with Crippen molar-refractivity contribution in [1.29, 1.82) is 0 Å². The second kappa shape index (κ2) is 18.3. The molecule has 1 aliphatic heterocycles. The minimum atomic E-state index is -0.652. The van der Waals surface area contributed by atoms with Gasteiger partial charge in [-0.25, -0.2) is 28.7 Å². The van der Waals surface area contributed by atoms with Crippen molar-refractivity contribution in [1.82, 2.24) is 34.3 Å². The second-order valence-corrected chi connectivity index (χ2v) is 14.0. The van der Waals surface area contributed by atoms with Crippen molar-refractivity contribution < 1.29 is 13.6 Å². The van der Waals surface area contributed by atoms with Gasteiger partial charge in [-0.05, 0) is 51.0 Å². The molecule has 0 saturated carbocycles. The Labute approximate surface area is 295 Å². The molecule has 0 unspecified atom stereocenters. The van der Waals surface area contributed by atoms with Gasteiger partial charge in [-0.2, -0.15) is 0 Å². The van der Waals surface area contributed by atoms with E-state index in [1.165, 1.54) is 63.9 Å². The largest absolute Gasteiger partial charge is 0.340 e. The van der Waals surface area contributed by atoms with Crippen molar-refractivity contribution in [2.24, 2.45) is 0 Å². The molecule has 4 aromatic rings. The topological polar surface area (TPSA) is 92.1 Å². The molecule has 0 atom stereocenters. The van der Waals surface area contributed by atoms with E-state index in [1.54, 1.807) is 12.3 Å². The number of rotatable bonds is 18. The Hall–Kier alpha value is -3.99. The number of fused-ring (bicyclic) bond motifs is 1. The van der Waals surface area contributed by atoms with Crippen LogP contribution in [0.1, 0.15) is 115 Å². The van der Waals surface area contributed by atoms with E-state index >= 15 is 4.39 Å². The van der Waals surface area contributed by atoms with Crippen LogP contribution in [0.15, 0.2) is 36.7 Å². The van der Waals surface area contributed by atoms with Crippen molar-refractivity contribution in [3.63, 3.8) is 0 Å². The zero-order valence-electron chi connectivity index (χ0n) is 30.4. The van der Waals surface area contributed by atoms with Crippen LogP contribution in [-0.4, -0.2) is 66.4 Å². The van der Waals surface area contributed by atoms with Crippen LogP contribution in [-0.2, 0) is 11.3 Å². The fraction of sp³-hybridized carbons (Fsp3) is 0.564. The molecular formula is C39H54F2N8O. The third-order valence-corrected chi connectivity index (χ3v) is 9.65. The molecule has 9 nitrogen and oxygen atoms in total. The third-order valence-electron chi connectivity index (χ3n) is 9.65. The van der Waals surface area contributed by atoms with Gasteiger partial charge < -0.3 is 14.8 Å². The van der Waals surface area contributed by atoms with E-state index in [9.17, 15) is 9.18 Å². The van der Waals surface area contributed by atoms with E-state index in [0.717, 1.165) is 57.3 Å². The molecule has 1 saturated heterocycles. The highest BCUT2D eigenvalue weighted by atomic mass is 19.1. The number of halogens is 2. The summed E-state index contributed by atoms with van der Waals surface area (Å²) in [5.41, 5.74) is 2.19. The maximum Gasteiger partial charge on any atom is 0.229 e. The molecule has 3 aromatic heterocycles. The highest BCUT2D eigenvalue weighted by Gasteiger charge is 2.21. The van der Waals surface area contributed by atoms with E-state index in [1.807, 2.05) is 42.4 Å². The van der Waals surface area contributed by atoms with Gasteiger partial charge in [-0.15, -0.1) is 0 Å². The zero-order valence-corrected chi connectivity index (χ0v) is 30.4. The summed E-state index contributed by atoms with van der Waals surface area (Å²) in [6, 6.07) is 6.86. The van der Waals surface area contributed by atoms with Gasteiger partial charge in [-0.1, -0.05) is 77.2 Å². The quantitative estimate of drug-likeness (QED) is 0.104. The normalized spacial score (nSPS) is 13.9. The summed E-state index contributed by atoms with van der Waals surface area (Å²) in [6.45, 7) is 12.0. The molecule has 1 N–H and O–H groups in total. The van der Waals surface area contributed by atoms with Gasteiger partial charge in [0.1, 0.15) is 22.9 Å². The van der Waals surface area contributed by atoms with Crippen molar-refractivity contribution >= 4 is 28.7 Å². The average molecular weight is 689 g/mol. The lowest BCUT2D eigenvalue weighted by Gasteiger charge is -2.34. The monoisotopic (exact) mass is 688 g/mol. The molecule has 1 aromatic carbocycles.